The zero-order valence-electron chi connectivity index (χ0n) is 14.6. The molecule has 0 aliphatic heterocycles. The Balaban J connectivity index is 0.00000312. The molecule has 2 aromatic carbocycles. The minimum atomic E-state index is -0.120. The van der Waals surface area contributed by atoms with E-state index in [1.54, 1.807) is 18.0 Å². The van der Waals surface area contributed by atoms with Gasteiger partial charge in [0.2, 0.25) is 0 Å². The molecule has 0 spiro atoms. The minimum Gasteiger partial charge on any atom is -0.485 e. The molecule has 5 nitrogen and oxygen atoms in total. The van der Waals surface area contributed by atoms with Gasteiger partial charge in [-0.15, -0.1) is 12.4 Å². The van der Waals surface area contributed by atoms with Gasteiger partial charge in [0.25, 0.3) is 5.91 Å². The van der Waals surface area contributed by atoms with Gasteiger partial charge in [-0.05, 0) is 24.6 Å². The third kappa shape index (κ3) is 6.29. The van der Waals surface area contributed by atoms with E-state index in [4.69, 9.17) is 15.2 Å². The van der Waals surface area contributed by atoms with E-state index in [9.17, 15) is 4.79 Å². The van der Waals surface area contributed by atoms with E-state index < -0.39 is 0 Å². The highest BCUT2D eigenvalue weighted by atomic mass is 35.5. The standard InChI is InChI=1S/C19H24N2O3.ClH/c1-15(12-20)21(2)19(22)14-24-18-11-7-6-10-17(18)23-13-16-8-4-3-5-9-16;/h3-11,15H,12-14,20H2,1-2H3;1H. The molecule has 0 saturated carbocycles. The number of hydrogen-bond acceptors (Lipinski definition) is 4. The molecule has 0 heterocycles. The first-order chi connectivity index (χ1) is 11.6. The fraction of sp³-hybridized carbons (Fsp3) is 0.316. The molecule has 0 aromatic heterocycles. The van der Waals surface area contributed by atoms with Crippen molar-refractivity contribution < 1.29 is 14.3 Å². The van der Waals surface area contributed by atoms with Crippen LogP contribution in [0.1, 0.15) is 12.5 Å². The number of carbonyl (C=O) groups excluding carboxylic acids is 1. The first-order valence-corrected chi connectivity index (χ1v) is 7.96. The number of para-hydroxylation sites is 2. The molecule has 0 fully saturated rings. The maximum atomic E-state index is 12.1. The Morgan fingerprint density at radius 2 is 1.60 bits per heavy atom. The molecule has 1 unspecified atom stereocenters. The van der Waals surface area contributed by atoms with Gasteiger partial charge >= 0.3 is 0 Å². The zero-order valence-corrected chi connectivity index (χ0v) is 15.4. The van der Waals surface area contributed by atoms with E-state index in [0.717, 1.165) is 5.56 Å². The van der Waals surface area contributed by atoms with Crippen LogP contribution in [0, 0.1) is 0 Å². The topological polar surface area (TPSA) is 64.8 Å². The van der Waals surface area contributed by atoms with Crippen LogP contribution in [0.4, 0.5) is 0 Å². The summed E-state index contributed by atoms with van der Waals surface area (Å²) in [6, 6.07) is 17.2. The average molecular weight is 365 g/mol. The first kappa shape index (κ1) is 20.8. The van der Waals surface area contributed by atoms with Crippen LogP contribution in [0.2, 0.25) is 0 Å². The van der Waals surface area contributed by atoms with E-state index in [-0.39, 0.29) is 31.0 Å². The molecular formula is C19H25ClN2O3. The molecule has 0 aliphatic rings. The van der Waals surface area contributed by atoms with Gasteiger partial charge in [0.15, 0.2) is 18.1 Å². The molecule has 0 bridgehead atoms. The van der Waals surface area contributed by atoms with Crippen LogP contribution in [0.25, 0.3) is 0 Å². The minimum absolute atomic E-state index is 0. The zero-order chi connectivity index (χ0) is 17.4. The maximum absolute atomic E-state index is 12.1. The number of hydrogen-bond donors (Lipinski definition) is 1. The van der Waals surface area contributed by atoms with Crippen LogP contribution in [-0.4, -0.2) is 37.0 Å². The molecule has 0 radical (unpaired) electrons. The summed E-state index contributed by atoms with van der Waals surface area (Å²) in [5.74, 6) is 1.05. The Hall–Kier alpha value is -2.24. The molecule has 1 amide bonds. The summed E-state index contributed by atoms with van der Waals surface area (Å²) in [6.07, 6.45) is 0. The van der Waals surface area contributed by atoms with Gasteiger partial charge in [0.05, 0.1) is 0 Å². The van der Waals surface area contributed by atoms with Crippen molar-refractivity contribution in [3.05, 3.63) is 60.2 Å². The van der Waals surface area contributed by atoms with Crippen molar-refractivity contribution in [2.24, 2.45) is 5.73 Å². The average Bonchev–Trinajstić information content (AvgIpc) is 2.64. The number of amides is 1. The summed E-state index contributed by atoms with van der Waals surface area (Å²) in [6.45, 7) is 2.71. The SMILES string of the molecule is CC(CN)N(C)C(=O)COc1ccccc1OCc1ccccc1.Cl. The Morgan fingerprint density at radius 3 is 2.20 bits per heavy atom. The number of rotatable bonds is 8. The van der Waals surface area contributed by atoms with Crippen molar-refractivity contribution in [3.63, 3.8) is 0 Å². The second-order valence-electron chi connectivity index (χ2n) is 5.60. The monoisotopic (exact) mass is 364 g/mol. The molecule has 1 atom stereocenters. The molecule has 2 rings (SSSR count). The molecule has 2 N–H and O–H groups in total. The van der Waals surface area contributed by atoms with E-state index in [1.807, 2.05) is 55.5 Å². The number of halogens is 1. The lowest BCUT2D eigenvalue weighted by molar-refractivity contribution is -0.133. The Morgan fingerprint density at radius 1 is 1.04 bits per heavy atom. The van der Waals surface area contributed by atoms with Gasteiger partial charge in [-0.2, -0.15) is 0 Å². The van der Waals surface area contributed by atoms with Gasteiger partial charge in [0.1, 0.15) is 6.61 Å². The summed E-state index contributed by atoms with van der Waals surface area (Å²) in [5, 5.41) is 0. The fourth-order valence-electron chi connectivity index (χ4n) is 2.07. The van der Waals surface area contributed by atoms with Crippen molar-refractivity contribution in [1.29, 1.82) is 0 Å². The number of ether oxygens (including phenoxy) is 2. The second kappa shape index (κ2) is 10.6. The van der Waals surface area contributed by atoms with Crippen molar-refractivity contribution in [2.45, 2.75) is 19.6 Å². The van der Waals surface area contributed by atoms with Crippen molar-refractivity contribution >= 4 is 18.3 Å². The van der Waals surface area contributed by atoms with Crippen LogP contribution in [-0.2, 0) is 11.4 Å². The van der Waals surface area contributed by atoms with Gasteiger partial charge < -0.3 is 20.1 Å². The number of nitrogens with zero attached hydrogens (tertiary/aromatic N) is 1. The highest BCUT2D eigenvalue weighted by molar-refractivity contribution is 5.85. The van der Waals surface area contributed by atoms with Gasteiger partial charge in [-0.3, -0.25) is 4.79 Å². The first-order valence-electron chi connectivity index (χ1n) is 7.96. The van der Waals surface area contributed by atoms with Crippen molar-refractivity contribution in [3.8, 4) is 11.5 Å². The van der Waals surface area contributed by atoms with E-state index in [1.165, 1.54) is 0 Å². The van der Waals surface area contributed by atoms with Gasteiger partial charge in [0, 0.05) is 19.6 Å². The highest BCUT2D eigenvalue weighted by Crippen LogP contribution is 2.27. The molecule has 6 heteroatoms. The van der Waals surface area contributed by atoms with Crippen molar-refractivity contribution in [1.82, 2.24) is 4.90 Å². The lowest BCUT2D eigenvalue weighted by Crippen LogP contribution is -2.42. The van der Waals surface area contributed by atoms with E-state index in [0.29, 0.717) is 24.7 Å². The van der Waals surface area contributed by atoms with E-state index >= 15 is 0 Å². The van der Waals surface area contributed by atoms with E-state index in [2.05, 4.69) is 0 Å². The molecule has 136 valence electrons. The highest BCUT2D eigenvalue weighted by Gasteiger charge is 2.15. The summed E-state index contributed by atoms with van der Waals surface area (Å²) in [7, 11) is 1.72. The van der Waals surface area contributed by atoms with Crippen LogP contribution >= 0.6 is 12.4 Å². The van der Waals surface area contributed by atoms with Crippen LogP contribution in [0.3, 0.4) is 0 Å². The predicted molar refractivity (Wildman–Crippen MR) is 101 cm³/mol. The third-order valence-electron chi connectivity index (χ3n) is 3.83. The number of benzene rings is 2. The predicted octanol–water partition coefficient (Wildman–Crippen LogP) is 2.87. The van der Waals surface area contributed by atoms with Gasteiger partial charge in [-0.25, -0.2) is 0 Å². The number of nitrogens with two attached hydrogens (primary N) is 1. The van der Waals surface area contributed by atoms with Crippen LogP contribution in [0.5, 0.6) is 11.5 Å². The molecule has 0 saturated heterocycles. The number of likely N-dealkylation sites (N-methyl/N-ethyl adjacent to an activating group) is 1. The Kier molecular flexibility index (Phi) is 8.81. The van der Waals surface area contributed by atoms with Crippen molar-refractivity contribution in [2.75, 3.05) is 20.2 Å². The summed E-state index contributed by atoms with van der Waals surface area (Å²) in [5.41, 5.74) is 6.65. The Labute approximate surface area is 155 Å². The molecule has 2 aromatic rings. The Bertz CT molecular complexity index is 652. The molecule has 25 heavy (non-hydrogen) atoms. The normalized spacial score (nSPS) is 11.2. The number of carbonyl (C=O) groups is 1. The summed E-state index contributed by atoms with van der Waals surface area (Å²) < 4.78 is 11.5. The molecular weight excluding hydrogens is 340 g/mol. The fourth-order valence-corrected chi connectivity index (χ4v) is 2.07. The largest absolute Gasteiger partial charge is 0.485 e. The summed E-state index contributed by atoms with van der Waals surface area (Å²) >= 11 is 0. The lowest BCUT2D eigenvalue weighted by atomic mass is 10.2. The maximum Gasteiger partial charge on any atom is 0.260 e. The van der Waals surface area contributed by atoms with Gasteiger partial charge in [-0.1, -0.05) is 42.5 Å². The summed E-state index contributed by atoms with van der Waals surface area (Å²) in [4.78, 5) is 13.7. The quantitative estimate of drug-likeness (QED) is 0.782. The second-order valence-corrected chi connectivity index (χ2v) is 5.60. The third-order valence-corrected chi connectivity index (χ3v) is 3.83. The lowest BCUT2D eigenvalue weighted by Gasteiger charge is -2.23. The smallest absolute Gasteiger partial charge is 0.260 e. The van der Waals surface area contributed by atoms with Crippen LogP contribution < -0.4 is 15.2 Å². The molecule has 0 aliphatic carbocycles. The van der Waals surface area contributed by atoms with Crippen LogP contribution in [0.15, 0.2) is 54.6 Å².